The number of carbonyl (C=O) groups is 1. The lowest BCUT2D eigenvalue weighted by Crippen LogP contribution is -2.29. The molecule has 1 fully saturated rings. The van der Waals surface area contributed by atoms with E-state index in [0.717, 1.165) is 26.7 Å². The number of methoxy groups -OCH3 is 1. The van der Waals surface area contributed by atoms with Crippen molar-refractivity contribution in [3.63, 3.8) is 0 Å². The number of hydrogen-bond donors (Lipinski definition) is 0. The molecule has 0 radical (unpaired) electrons. The molecule has 158 valence electrons. The van der Waals surface area contributed by atoms with Gasteiger partial charge in [0.05, 0.1) is 39.1 Å². The van der Waals surface area contributed by atoms with Gasteiger partial charge in [0.15, 0.2) is 11.4 Å². The molecule has 0 bridgehead atoms. The van der Waals surface area contributed by atoms with Crippen molar-refractivity contribution in [2.45, 2.75) is 34.8 Å². The zero-order chi connectivity index (χ0) is 22.0. The first-order valence-corrected chi connectivity index (χ1v) is 11.2. The second-order valence-corrected chi connectivity index (χ2v) is 9.62. The second-order valence-electron chi connectivity index (χ2n) is 8.20. The first-order valence-electron chi connectivity index (χ1n) is 10.1. The zero-order valence-corrected chi connectivity index (χ0v) is 18.7. The average molecular weight is 434 g/mol. The monoisotopic (exact) mass is 433 g/mol. The quantitative estimate of drug-likeness (QED) is 0.436. The minimum Gasteiger partial charge on any atom is -0.497 e. The lowest BCUT2D eigenvalue weighted by atomic mass is 9.83. The van der Waals surface area contributed by atoms with E-state index in [1.54, 1.807) is 31.4 Å². The van der Waals surface area contributed by atoms with Gasteiger partial charge in [-0.3, -0.25) is 4.79 Å². The van der Waals surface area contributed by atoms with Crippen molar-refractivity contribution >= 4 is 28.0 Å². The maximum atomic E-state index is 13.3. The van der Waals surface area contributed by atoms with E-state index in [0.29, 0.717) is 11.3 Å². The Hall–Kier alpha value is -2.96. The van der Waals surface area contributed by atoms with Gasteiger partial charge in [-0.05, 0) is 67.9 Å². The summed E-state index contributed by atoms with van der Waals surface area (Å²) >= 11 is 0. The van der Waals surface area contributed by atoms with Gasteiger partial charge < -0.3 is 14.4 Å². The Labute approximate surface area is 184 Å². The minimum absolute atomic E-state index is 0.0843. The van der Waals surface area contributed by atoms with E-state index in [1.807, 2.05) is 68.3 Å². The SMILES string of the molecule is COc1ccc(C(=O)[C@@]2(C)O[C@@]2(C)c2ccc3c(c2)S(=O)c2ccccc2N3C)cc1. The van der Waals surface area contributed by atoms with Crippen LogP contribution in [0.2, 0.25) is 0 Å². The van der Waals surface area contributed by atoms with E-state index in [2.05, 4.69) is 0 Å². The standard InChI is InChI=1S/C25H23NO4S/c1-24(25(2,30-24)23(27)16-9-12-18(29-4)13-10-16)17-11-14-20-22(15-17)31(28)21-8-6-5-7-19(21)26(20)3/h5-15H,1-4H3/t24-,25+,31?/m0/s1. The molecule has 0 aromatic heterocycles. The van der Waals surface area contributed by atoms with Crippen molar-refractivity contribution in [3.8, 4) is 5.75 Å². The highest BCUT2D eigenvalue weighted by Gasteiger charge is 2.69. The van der Waals surface area contributed by atoms with Gasteiger partial charge >= 0.3 is 0 Å². The predicted molar refractivity (Wildman–Crippen MR) is 120 cm³/mol. The minimum atomic E-state index is -1.30. The first kappa shape index (κ1) is 20.0. The van der Waals surface area contributed by atoms with Gasteiger partial charge in [-0.2, -0.15) is 0 Å². The van der Waals surface area contributed by atoms with Crippen LogP contribution in [-0.4, -0.2) is 29.8 Å². The second kappa shape index (κ2) is 6.77. The Morgan fingerprint density at radius 1 is 0.968 bits per heavy atom. The summed E-state index contributed by atoms with van der Waals surface area (Å²) in [4.78, 5) is 16.8. The number of fused-ring (bicyclic) bond motifs is 2. The first-order chi connectivity index (χ1) is 14.8. The van der Waals surface area contributed by atoms with Crippen LogP contribution in [0.15, 0.2) is 76.5 Å². The molecule has 2 aliphatic rings. The topological polar surface area (TPSA) is 59.1 Å². The fourth-order valence-corrected chi connectivity index (χ4v) is 5.84. The number of nitrogens with zero attached hydrogens (tertiary/aromatic N) is 1. The fraction of sp³-hybridized carbons (Fsp3) is 0.240. The van der Waals surface area contributed by atoms with Gasteiger partial charge in [0.1, 0.15) is 11.4 Å². The summed E-state index contributed by atoms with van der Waals surface area (Å²) in [6.07, 6.45) is 0. The summed E-state index contributed by atoms with van der Waals surface area (Å²) in [5, 5.41) is 0. The number of para-hydroxylation sites is 1. The van der Waals surface area contributed by atoms with Gasteiger partial charge in [0.25, 0.3) is 0 Å². The van der Waals surface area contributed by atoms with Crippen molar-refractivity contribution in [2.75, 3.05) is 19.1 Å². The van der Waals surface area contributed by atoms with Gasteiger partial charge in [0.2, 0.25) is 0 Å². The summed E-state index contributed by atoms with van der Waals surface area (Å²) in [6, 6.07) is 20.6. The van der Waals surface area contributed by atoms with Crippen LogP contribution in [0.3, 0.4) is 0 Å². The molecule has 0 spiro atoms. The van der Waals surface area contributed by atoms with E-state index in [1.165, 1.54) is 0 Å². The summed E-state index contributed by atoms with van der Waals surface area (Å²) in [5.74, 6) is 0.613. The molecule has 1 unspecified atom stereocenters. The molecule has 3 aromatic rings. The molecule has 0 amide bonds. The number of ketones is 1. The molecule has 3 atom stereocenters. The molecule has 2 heterocycles. The van der Waals surface area contributed by atoms with Crippen LogP contribution in [0.1, 0.15) is 29.8 Å². The van der Waals surface area contributed by atoms with Crippen LogP contribution < -0.4 is 9.64 Å². The van der Waals surface area contributed by atoms with E-state index >= 15 is 0 Å². The number of benzene rings is 3. The van der Waals surface area contributed by atoms with Crippen LogP contribution >= 0.6 is 0 Å². The van der Waals surface area contributed by atoms with Gasteiger partial charge in [-0.25, -0.2) is 4.21 Å². The van der Waals surface area contributed by atoms with Crippen LogP contribution in [0.25, 0.3) is 0 Å². The molecule has 1 saturated heterocycles. The fourth-order valence-electron chi connectivity index (χ4n) is 4.37. The number of carbonyl (C=O) groups excluding carboxylic acids is 1. The summed E-state index contributed by atoms with van der Waals surface area (Å²) in [6.45, 7) is 3.73. The Balaban J connectivity index is 1.50. The molecular formula is C25H23NO4S. The molecule has 0 N–H and O–H groups in total. The van der Waals surface area contributed by atoms with Gasteiger partial charge in [0, 0.05) is 12.6 Å². The molecule has 3 aromatic carbocycles. The number of anilines is 2. The van der Waals surface area contributed by atoms with E-state index < -0.39 is 22.0 Å². The number of ether oxygens (including phenoxy) is 2. The predicted octanol–water partition coefficient (Wildman–Crippen LogP) is 4.83. The van der Waals surface area contributed by atoms with Crippen LogP contribution in [0.5, 0.6) is 5.75 Å². The number of epoxide rings is 1. The molecule has 5 nitrogen and oxygen atoms in total. The number of Topliss-reactive ketones (excluding diaryl/α,β-unsaturated/α-hetero) is 1. The molecular weight excluding hydrogens is 410 g/mol. The molecule has 31 heavy (non-hydrogen) atoms. The average Bonchev–Trinajstić information content (AvgIpc) is 3.40. The van der Waals surface area contributed by atoms with Crippen LogP contribution in [0.4, 0.5) is 11.4 Å². The van der Waals surface area contributed by atoms with Gasteiger partial charge in [-0.1, -0.05) is 18.2 Å². The van der Waals surface area contributed by atoms with Crippen molar-refractivity contribution in [2.24, 2.45) is 0 Å². The number of rotatable bonds is 4. The highest BCUT2D eigenvalue weighted by molar-refractivity contribution is 7.85. The lowest BCUT2D eigenvalue weighted by molar-refractivity contribution is 0.0888. The van der Waals surface area contributed by atoms with E-state index in [4.69, 9.17) is 9.47 Å². The Morgan fingerprint density at radius 3 is 2.35 bits per heavy atom. The van der Waals surface area contributed by atoms with Crippen molar-refractivity contribution in [1.82, 2.24) is 0 Å². The third-order valence-corrected chi connectivity index (χ3v) is 8.03. The number of hydrogen-bond acceptors (Lipinski definition) is 5. The van der Waals surface area contributed by atoms with Crippen molar-refractivity contribution < 1.29 is 18.5 Å². The Bertz CT molecular complexity index is 1240. The summed E-state index contributed by atoms with van der Waals surface area (Å²) in [7, 11) is 2.27. The maximum Gasteiger partial charge on any atom is 0.197 e. The maximum absolute atomic E-state index is 13.3. The zero-order valence-electron chi connectivity index (χ0n) is 17.8. The Kier molecular flexibility index (Phi) is 4.36. The molecule has 0 aliphatic carbocycles. The molecule has 2 aliphatic heterocycles. The third kappa shape index (κ3) is 2.78. The van der Waals surface area contributed by atoms with Crippen LogP contribution in [-0.2, 0) is 21.1 Å². The van der Waals surface area contributed by atoms with E-state index in [9.17, 15) is 9.00 Å². The molecule has 5 rings (SSSR count). The summed E-state index contributed by atoms with van der Waals surface area (Å²) < 4.78 is 24.6. The lowest BCUT2D eigenvalue weighted by Gasteiger charge is -2.30. The van der Waals surface area contributed by atoms with Crippen molar-refractivity contribution in [3.05, 3.63) is 77.9 Å². The van der Waals surface area contributed by atoms with Gasteiger partial charge in [-0.15, -0.1) is 0 Å². The van der Waals surface area contributed by atoms with E-state index in [-0.39, 0.29) is 5.78 Å². The summed E-state index contributed by atoms with van der Waals surface area (Å²) in [5.41, 5.74) is 1.47. The Morgan fingerprint density at radius 2 is 1.65 bits per heavy atom. The van der Waals surface area contributed by atoms with Crippen LogP contribution in [0, 0.1) is 0 Å². The normalized spacial score (nSPS) is 26.1. The van der Waals surface area contributed by atoms with Crippen molar-refractivity contribution in [1.29, 1.82) is 0 Å². The third-order valence-electron chi connectivity index (χ3n) is 6.56. The highest BCUT2D eigenvalue weighted by Crippen LogP contribution is 2.57. The smallest absolute Gasteiger partial charge is 0.197 e. The highest BCUT2D eigenvalue weighted by atomic mass is 32.2. The molecule has 6 heteroatoms. The largest absolute Gasteiger partial charge is 0.497 e. The molecule has 0 saturated carbocycles.